The van der Waals surface area contributed by atoms with Crippen LogP contribution >= 0.6 is 23.3 Å². The molecule has 1 aromatic heterocycles. The molecule has 0 bridgehead atoms. The number of aromatic nitrogens is 2. The molecule has 1 atom stereocenters. The van der Waals surface area contributed by atoms with Gasteiger partial charge in [-0.15, -0.1) is 11.8 Å². The van der Waals surface area contributed by atoms with Gasteiger partial charge in [0.05, 0.1) is 17.3 Å². The molecule has 0 saturated heterocycles. The number of carbonyl (C=O) groups is 2. The van der Waals surface area contributed by atoms with E-state index in [4.69, 9.17) is 0 Å². The van der Waals surface area contributed by atoms with Crippen molar-refractivity contribution < 1.29 is 19.2 Å². The van der Waals surface area contributed by atoms with Crippen LogP contribution in [0.4, 0.5) is 10.8 Å². The zero-order valence-electron chi connectivity index (χ0n) is 12.6. The molecule has 0 fully saturated rings. The Balaban J connectivity index is 1.95. The summed E-state index contributed by atoms with van der Waals surface area (Å²) in [7, 11) is 1.21. The van der Waals surface area contributed by atoms with E-state index in [1.54, 1.807) is 19.1 Å². The van der Waals surface area contributed by atoms with Crippen molar-refractivity contribution in [2.75, 3.05) is 12.4 Å². The van der Waals surface area contributed by atoms with E-state index in [1.807, 2.05) is 0 Å². The molecule has 1 aromatic carbocycles. The number of hydrogen-bond donors (Lipinski definition) is 1. The van der Waals surface area contributed by atoms with Crippen molar-refractivity contribution in [3.8, 4) is 0 Å². The highest BCUT2D eigenvalue weighted by atomic mass is 32.2. The normalized spacial score (nSPS) is 11.6. The van der Waals surface area contributed by atoms with Crippen molar-refractivity contribution in [3.05, 3.63) is 40.2 Å². The van der Waals surface area contributed by atoms with Crippen molar-refractivity contribution in [2.24, 2.45) is 0 Å². The first-order chi connectivity index (χ1) is 11.4. The predicted octanol–water partition coefficient (Wildman–Crippen LogP) is 2.35. The fourth-order valence-electron chi connectivity index (χ4n) is 1.56. The number of benzene rings is 1. The van der Waals surface area contributed by atoms with Gasteiger partial charge in [0, 0.05) is 28.6 Å². The van der Waals surface area contributed by atoms with Crippen LogP contribution in [0, 0.1) is 10.1 Å². The Morgan fingerprint density at radius 3 is 2.62 bits per heavy atom. The van der Waals surface area contributed by atoms with Crippen LogP contribution < -0.4 is 5.32 Å². The number of nitro groups is 1. The van der Waals surface area contributed by atoms with E-state index >= 15 is 0 Å². The SMILES string of the molecule is COC(=O)c1nsc(NC(=O)[C@@H](C)Sc2ccc([N+](=O)[O-])cc2)n1. The van der Waals surface area contributed by atoms with Crippen molar-refractivity contribution >= 4 is 46.0 Å². The Labute approximate surface area is 144 Å². The molecule has 9 nitrogen and oxygen atoms in total. The Hall–Kier alpha value is -2.53. The highest BCUT2D eigenvalue weighted by Crippen LogP contribution is 2.26. The van der Waals surface area contributed by atoms with Crippen LogP contribution in [-0.4, -0.2) is 38.5 Å². The van der Waals surface area contributed by atoms with Gasteiger partial charge in [-0.05, 0) is 19.1 Å². The summed E-state index contributed by atoms with van der Waals surface area (Å²) in [6.07, 6.45) is 0. The highest BCUT2D eigenvalue weighted by molar-refractivity contribution is 8.00. The summed E-state index contributed by atoms with van der Waals surface area (Å²) in [6.45, 7) is 1.68. The number of nitrogens with zero attached hydrogens (tertiary/aromatic N) is 3. The second-order valence-corrected chi connectivity index (χ2v) is 6.58. The second kappa shape index (κ2) is 7.84. The lowest BCUT2D eigenvalue weighted by atomic mass is 10.3. The predicted molar refractivity (Wildman–Crippen MR) is 88.3 cm³/mol. The number of ether oxygens (including phenoxy) is 1. The first kappa shape index (κ1) is 17.8. The smallest absolute Gasteiger partial charge is 0.377 e. The van der Waals surface area contributed by atoms with Crippen molar-refractivity contribution in [1.29, 1.82) is 0 Å². The Kier molecular flexibility index (Phi) is 5.82. The minimum absolute atomic E-state index is 0.0133. The zero-order chi connectivity index (χ0) is 17.7. The number of nitro benzene ring substituents is 1. The fourth-order valence-corrected chi connectivity index (χ4v) is 2.99. The molecular weight excluding hydrogens is 356 g/mol. The maximum Gasteiger partial charge on any atom is 0.377 e. The molecular formula is C13H12N4O5S2. The number of carbonyl (C=O) groups excluding carboxylic acids is 2. The Bertz CT molecular complexity index is 762. The molecule has 24 heavy (non-hydrogen) atoms. The topological polar surface area (TPSA) is 124 Å². The largest absolute Gasteiger partial charge is 0.463 e. The number of rotatable bonds is 6. The first-order valence-electron chi connectivity index (χ1n) is 6.54. The molecule has 0 saturated carbocycles. The summed E-state index contributed by atoms with van der Waals surface area (Å²) in [5.41, 5.74) is -0.0133. The van der Waals surface area contributed by atoms with Gasteiger partial charge in [-0.2, -0.15) is 9.36 Å². The van der Waals surface area contributed by atoms with Crippen LogP contribution in [0.15, 0.2) is 29.2 Å². The van der Waals surface area contributed by atoms with Gasteiger partial charge in [-0.3, -0.25) is 20.2 Å². The molecule has 0 aliphatic heterocycles. The Morgan fingerprint density at radius 2 is 2.04 bits per heavy atom. The third-order valence-electron chi connectivity index (χ3n) is 2.75. The molecule has 0 spiro atoms. The third-order valence-corrected chi connectivity index (χ3v) is 4.50. The van der Waals surface area contributed by atoms with Crippen LogP contribution in [-0.2, 0) is 9.53 Å². The van der Waals surface area contributed by atoms with E-state index in [0.717, 1.165) is 16.4 Å². The fraction of sp³-hybridized carbons (Fsp3) is 0.231. The summed E-state index contributed by atoms with van der Waals surface area (Å²) in [6, 6.07) is 5.90. The van der Waals surface area contributed by atoms with Crippen LogP contribution in [0.1, 0.15) is 17.5 Å². The molecule has 126 valence electrons. The van der Waals surface area contributed by atoms with Gasteiger partial charge < -0.3 is 4.74 Å². The number of anilines is 1. The lowest BCUT2D eigenvalue weighted by molar-refractivity contribution is -0.384. The second-order valence-electron chi connectivity index (χ2n) is 4.42. The first-order valence-corrected chi connectivity index (χ1v) is 8.20. The highest BCUT2D eigenvalue weighted by Gasteiger charge is 2.19. The van der Waals surface area contributed by atoms with Crippen LogP contribution in [0.2, 0.25) is 0 Å². The third kappa shape index (κ3) is 4.49. The molecule has 11 heteroatoms. The Morgan fingerprint density at radius 1 is 1.38 bits per heavy atom. The molecule has 1 amide bonds. The van der Waals surface area contributed by atoms with Crippen molar-refractivity contribution in [2.45, 2.75) is 17.1 Å². The summed E-state index contributed by atoms with van der Waals surface area (Å²) < 4.78 is 8.27. The van der Waals surface area contributed by atoms with Crippen LogP contribution in [0.25, 0.3) is 0 Å². The van der Waals surface area contributed by atoms with Gasteiger partial charge in [-0.25, -0.2) is 4.79 Å². The summed E-state index contributed by atoms with van der Waals surface area (Å²) >= 11 is 2.11. The lowest BCUT2D eigenvalue weighted by Crippen LogP contribution is -2.22. The van der Waals surface area contributed by atoms with Crippen LogP contribution in [0.5, 0.6) is 0 Å². The quantitative estimate of drug-likeness (QED) is 0.356. The number of nitrogens with one attached hydrogen (secondary N) is 1. The number of amides is 1. The minimum Gasteiger partial charge on any atom is -0.463 e. The number of thioether (sulfide) groups is 1. The molecule has 2 aromatic rings. The molecule has 1 N–H and O–H groups in total. The van der Waals surface area contributed by atoms with Gasteiger partial charge in [0.1, 0.15) is 0 Å². The molecule has 2 rings (SSSR count). The monoisotopic (exact) mass is 368 g/mol. The maximum atomic E-state index is 12.1. The summed E-state index contributed by atoms with van der Waals surface area (Å²) in [5.74, 6) is -1.13. The number of non-ortho nitro benzene ring substituents is 1. The van der Waals surface area contributed by atoms with E-state index < -0.39 is 16.1 Å². The van der Waals surface area contributed by atoms with Crippen molar-refractivity contribution in [1.82, 2.24) is 9.36 Å². The summed E-state index contributed by atoms with van der Waals surface area (Å²) in [5, 5.41) is 12.9. The van der Waals surface area contributed by atoms with E-state index in [2.05, 4.69) is 19.4 Å². The van der Waals surface area contributed by atoms with Gasteiger partial charge in [0.2, 0.25) is 11.0 Å². The van der Waals surface area contributed by atoms with Crippen LogP contribution in [0.3, 0.4) is 0 Å². The van der Waals surface area contributed by atoms with E-state index in [9.17, 15) is 19.7 Å². The zero-order valence-corrected chi connectivity index (χ0v) is 14.2. The number of esters is 1. The molecule has 0 unspecified atom stereocenters. The molecule has 0 aliphatic carbocycles. The summed E-state index contributed by atoms with van der Waals surface area (Å²) in [4.78, 5) is 38.1. The van der Waals surface area contributed by atoms with Gasteiger partial charge in [0.15, 0.2) is 0 Å². The van der Waals surface area contributed by atoms with Gasteiger partial charge in [0.25, 0.3) is 11.5 Å². The van der Waals surface area contributed by atoms with Gasteiger partial charge >= 0.3 is 5.97 Å². The van der Waals surface area contributed by atoms with Gasteiger partial charge in [-0.1, -0.05) is 0 Å². The lowest BCUT2D eigenvalue weighted by Gasteiger charge is -2.09. The maximum absolute atomic E-state index is 12.1. The van der Waals surface area contributed by atoms with E-state index in [1.165, 1.54) is 31.0 Å². The minimum atomic E-state index is -0.681. The van der Waals surface area contributed by atoms with Crippen molar-refractivity contribution in [3.63, 3.8) is 0 Å². The number of hydrogen-bond acceptors (Lipinski definition) is 9. The molecule has 0 radical (unpaired) electrons. The molecule has 1 heterocycles. The van der Waals surface area contributed by atoms with E-state index in [0.29, 0.717) is 0 Å². The average molecular weight is 368 g/mol. The number of methoxy groups -OCH3 is 1. The standard InChI is InChI=1S/C13H12N4O5S2/c1-7(23-9-5-3-8(4-6-9)17(20)21)11(18)15-13-14-10(16-24-13)12(19)22-2/h3-7H,1-2H3,(H,14,15,16,18)/t7-/m1/s1. The molecule has 0 aliphatic rings. The van der Waals surface area contributed by atoms with E-state index in [-0.39, 0.29) is 22.6 Å². The average Bonchev–Trinajstić information content (AvgIpc) is 3.03.